The van der Waals surface area contributed by atoms with Crippen LogP contribution in [0.4, 0.5) is 0 Å². The maximum atomic E-state index is 5.33. The van der Waals surface area contributed by atoms with Crippen molar-refractivity contribution < 1.29 is 9.64 Å². The summed E-state index contributed by atoms with van der Waals surface area (Å²) in [4.78, 5) is 5.61. The molecule has 1 saturated heterocycles. The Kier molecular flexibility index (Phi) is 6.52. The van der Waals surface area contributed by atoms with Crippen molar-refractivity contribution in [3.8, 4) is 0 Å². The molecule has 1 aliphatic rings. The van der Waals surface area contributed by atoms with Gasteiger partial charge >= 0.3 is 0 Å². The Morgan fingerprint density at radius 3 is 3.00 bits per heavy atom. The van der Waals surface area contributed by atoms with Gasteiger partial charge in [-0.1, -0.05) is 6.07 Å². The molecule has 0 spiro atoms. The summed E-state index contributed by atoms with van der Waals surface area (Å²) in [5, 5.41) is 7.98. The third-order valence-electron chi connectivity index (χ3n) is 3.37. The summed E-state index contributed by atoms with van der Waals surface area (Å²) in [6.07, 6.45) is 3.52. The van der Waals surface area contributed by atoms with E-state index in [0.717, 1.165) is 50.7 Å². The van der Waals surface area contributed by atoms with E-state index >= 15 is 0 Å². The minimum Gasteiger partial charge on any atom is -0.370 e. The molecule has 0 bridgehead atoms. The van der Waals surface area contributed by atoms with Crippen molar-refractivity contribution in [2.75, 3.05) is 39.4 Å². The van der Waals surface area contributed by atoms with Gasteiger partial charge in [0.15, 0.2) is 5.11 Å². The summed E-state index contributed by atoms with van der Waals surface area (Å²) in [6.45, 7) is 7.64. The first-order valence-electron chi connectivity index (χ1n) is 7.15. The van der Waals surface area contributed by atoms with Crippen LogP contribution in [0.3, 0.4) is 0 Å². The van der Waals surface area contributed by atoms with E-state index < -0.39 is 0 Å². The number of nitrogens with zero attached hydrogens (tertiary/aromatic N) is 2. The summed E-state index contributed by atoms with van der Waals surface area (Å²) >= 11 is 5.21. The van der Waals surface area contributed by atoms with Gasteiger partial charge in [0.05, 0.1) is 32.0 Å². The number of thiocarbonyl (C=S) groups is 1. The Labute approximate surface area is 130 Å². The zero-order valence-electron chi connectivity index (χ0n) is 12.3. The van der Waals surface area contributed by atoms with Crippen molar-refractivity contribution >= 4 is 23.0 Å². The second-order valence-electron chi connectivity index (χ2n) is 4.92. The number of hydrazone groups is 1. The highest BCUT2D eigenvalue weighted by atomic mass is 32.1. The van der Waals surface area contributed by atoms with E-state index in [1.54, 1.807) is 17.3 Å². The molecule has 0 aliphatic carbocycles. The molecule has 114 valence electrons. The number of hydrogen-bond donors (Lipinski definition) is 3. The largest absolute Gasteiger partial charge is 0.370 e. The molecule has 2 heterocycles. The number of hydrogen-bond acceptors (Lipinski definition) is 4. The smallest absolute Gasteiger partial charge is 0.187 e. The van der Waals surface area contributed by atoms with Crippen LogP contribution in [0, 0.1) is 0 Å². The minimum atomic E-state index is 0.547. The van der Waals surface area contributed by atoms with Gasteiger partial charge in [0.1, 0.15) is 13.1 Å². The third-order valence-corrected chi connectivity index (χ3v) is 3.60. The van der Waals surface area contributed by atoms with Gasteiger partial charge in [-0.2, -0.15) is 5.10 Å². The van der Waals surface area contributed by atoms with Crippen LogP contribution in [0.15, 0.2) is 29.6 Å². The normalized spacial score (nSPS) is 16.5. The monoisotopic (exact) mass is 308 g/mol. The molecule has 2 rings (SSSR count). The molecule has 0 unspecified atom stereocenters. The number of morpholine rings is 1. The van der Waals surface area contributed by atoms with Gasteiger partial charge in [-0.15, -0.1) is 0 Å². The van der Waals surface area contributed by atoms with E-state index in [2.05, 4.69) is 20.8 Å². The number of ether oxygens (including phenoxy) is 1. The van der Waals surface area contributed by atoms with Gasteiger partial charge in [0.25, 0.3) is 0 Å². The van der Waals surface area contributed by atoms with Crippen molar-refractivity contribution in [1.82, 2.24) is 15.7 Å². The summed E-state index contributed by atoms with van der Waals surface area (Å²) in [5.41, 5.74) is 4.70. The summed E-state index contributed by atoms with van der Waals surface area (Å²) in [5.74, 6) is 0. The molecule has 21 heavy (non-hydrogen) atoms. The first kappa shape index (κ1) is 15.8. The van der Waals surface area contributed by atoms with E-state index in [1.165, 1.54) is 0 Å². The van der Waals surface area contributed by atoms with Crippen LogP contribution in [-0.4, -0.2) is 55.2 Å². The number of rotatable bonds is 5. The second-order valence-corrected chi connectivity index (χ2v) is 5.33. The fourth-order valence-electron chi connectivity index (χ4n) is 2.08. The molecule has 0 atom stereocenters. The number of nitrogens with one attached hydrogen (secondary N) is 3. The highest BCUT2D eigenvalue weighted by Gasteiger charge is 2.12. The standard InChI is InChI=1S/C14H21N5OS/c1-12(13-3-2-4-15-11-13)17-18-14(21)16-5-6-19-7-9-20-10-8-19/h2-4,11H,5-10H2,1H3,(H2,16,18,21)/p+1/b17-12-. The van der Waals surface area contributed by atoms with Gasteiger partial charge in [-0.05, 0) is 25.2 Å². The van der Waals surface area contributed by atoms with Crippen LogP contribution in [0.2, 0.25) is 0 Å². The van der Waals surface area contributed by atoms with E-state index in [0.29, 0.717) is 5.11 Å². The Hall–Kier alpha value is -1.57. The summed E-state index contributed by atoms with van der Waals surface area (Å²) < 4.78 is 5.33. The molecular weight excluding hydrogens is 286 g/mol. The predicted molar refractivity (Wildman–Crippen MR) is 86.6 cm³/mol. The van der Waals surface area contributed by atoms with Crippen LogP contribution in [0.25, 0.3) is 0 Å². The van der Waals surface area contributed by atoms with Crippen molar-refractivity contribution in [3.63, 3.8) is 0 Å². The lowest BCUT2D eigenvalue weighted by Crippen LogP contribution is -3.14. The Morgan fingerprint density at radius 2 is 2.29 bits per heavy atom. The van der Waals surface area contributed by atoms with Crippen LogP contribution in [-0.2, 0) is 4.74 Å². The molecular formula is C14H22N5OS+. The fourth-order valence-corrected chi connectivity index (χ4v) is 2.23. The Bertz CT molecular complexity index is 474. The number of pyridine rings is 1. The second kappa shape index (κ2) is 8.66. The van der Waals surface area contributed by atoms with Gasteiger partial charge in [0.2, 0.25) is 0 Å². The Balaban J connectivity index is 1.67. The highest BCUT2D eigenvalue weighted by Crippen LogP contribution is 1.97. The topological polar surface area (TPSA) is 63.0 Å². The van der Waals surface area contributed by atoms with Gasteiger partial charge in [-0.25, -0.2) is 0 Å². The molecule has 7 heteroatoms. The lowest BCUT2D eigenvalue weighted by molar-refractivity contribution is -0.906. The van der Waals surface area contributed by atoms with Crippen molar-refractivity contribution in [2.45, 2.75) is 6.92 Å². The predicted octanol–water partition coefficient (Wildman–Crippen LogP) is -0.815. The lowest BCUT2D eigenvalue weighted by Gasteiger charge is -2.23. The average molecular weight is 308 g/mol. The van der Waals surface area contributed by atoms with E-state index in [4.69, 9.17) is 17.0 Å². The van der Waals surface area contributed by atoms with Gasteiger partial charge < -0.3 is 15.0 Å². The van der Waals surface area contributed by atoms with Gasteiger partial charge in [-0.3, -0.25) is 10.4 Å². The SMILES string of the molecule is C/C(=N/NC(=S)NCC[NH+]1CCOCC1)c1cccnc1. The molecule has 0 radical (unpaired) electrons. The molecule has 3 N–H and O–H groups in total. The van der Waals surface area contributed by atoms with E-state index in [9.17, 15) is 0 Å². The molecule has 1 aromatic heterocycles. The van der Waals surface area contributed by atoms with Crippen molar-refractivity contribution in [3.05, 3.63) is 30.1 Å². The lowest BCUT2D eigenvalue weighted by atomic mass is 10.2. The third kappa shape index (κ3) is 5.74. The van der Waals surface area contributed by atoms with Crippen molar-refractivity contribution in [1.29, 1.82) is 0 Å². The molecule has 0 amide bonds. The van der Waals surface area contributed by atoms with Crippen LogP contribution in [0.5, 0.6) is 0 Å². The maximum absolute atomic E-state index is 5.33. The summed E-state index contributed by atoms with van der Waals surface area (Å²) in [7, 11) is 0. The van der Waals surface area contributed by atoms with E-state index in [1.807, 2.05) is 19.1 Å². The first-order chi connectivity index (χ1) is 10.3. The van der Waals surface area contributed by atoms with Crippen LogP contribution >= 0.6 is 12.2 Å². The van der Waals surface area contributed by atoms with Gasteiger partial charge in [0, 0.05) is 18.0 Å². The molecule has 1 aliphatic heterocycles. The number of aromatic nitrogens is 1. The molecule has 1 aromatic rings. The molecule has 0 saturated carbocycles. The first-order valence-corrected chi connectivity index (χ1v) is 7.56. The summed E-state index contributed by atoms with van der Waals surface area (Å²) in [6, 6.07) is 3.85. The zero-order chi connectivity index (χ0) is 14.9. The van der Waals surface area contributed by atoms with Crippen LogP contribution in [0.1, 0.15) is 12.5 Å². The van der Waals surface area contributed by atoms with Crippen LogP contribution < -0.4 is 15.6 Å². The highest BCUT2D eigenvalue weighted by molar-refractivity contribution is 7.80. The van der Waals surface area contributed by atoms with Crippen molar-refractivity contribution in [2.24, 2.45) is 5.10 Å². The minimum absolute atomic E-state index is 0.547. The average Bonchev–Trinajstić information content (AvgIpc) is 2.54. The fraction of sp³-hybridized carbons (Fsp3) is 0.500. The van der Waals surface area contributed by atoms with E-state index in [-0.39, 0.29) is 0 Å². The quantitative estimate of drug-likeness (QED) is 0.377. The maximum Gasteiger partial charge on any atom is 0.187 e. The Morgan fingerprint density at radius 1 is 1.48 bits per heavy atom. The molecule has 6 nitrogen and oxygen atoms in total. The zero-order valence-corrected chi connectivity index (χ0v) is 13.1. The molecule has 0 aromatic carbocycles. The molecule has 1 fully saturated rings. The number of quaternary nitrogens is 1.